The zero-order valence-corrected chi connectivity index (χ0v) is 17.6. The molecule has 4 rings (SSSR count). The molecule has 1 saturated heterocycles. The van der Waals surface area contributed by atoms with E-state index in [0.717, 1.165) is 61.5 Å². The minimum Gasteiger partial charge on any atom is -0.368 e. The Morgan fingerprint density at radius 2 is 1.90 bits per heavy atom. The SMILES string of the molecule is CC(C)(NC(=O)[C@@H]1CCCN(c2nc(-c3ccccc3)nc3c2CCC3)C1)C(N)=O. The van der Waals surface area contributed by atoms with Gasteiger partial charge in [0, 0.05) is 29.9 Å². The molecule has 3 N–H and O–H groups in total. The first-order valence-corrected chi connectivity index (χ1v) is 10.7. The Bertz CT molecular complexity index is 958. The number of benzene rings is 1. The highest BCUT2D eigenvalue weighted by molar-refractivity contribution is 5.90. The van der Waals surface area contributed by atoms with Crippen LogP contribution in [0.5, 0.6) is 0 Å². The molecule has 30 heavy (non-hydrogen) atoms. The van der Waals surface area contributed by atoms with Crippen LogP contribution in [0, 0.1) is 5.92 Å². The van der Waals surface area contributed by atoms with Crippen LogP contribution in [0.15, 0.2) is 30.3 Å². The third-order valence-corrected chi connectivity index (χ3v) is 6.09. The third-order valence-electron chi connectivity index (χ3n) is 6.09. The van der Waals surface area contributed by atoms with Crippen molar-refractivity contribution < 1.29 is 9.59 Å². The maximum Gasteiger partial charge on any atom is 0.242 e. The molecule has 158 valence electrons. The predicted molar refractivity (Wildman–Crippen MR) is 116 cm³/mol. The lowest BCUT2D eigenvalue weighted by atomic mass is 9.94. The predicted octanol–water partition coefficient (Wildman–Crippen LogP) is 2.23. The van der Waals surface area contributed by atoms with Crippen LogP contribution in [0.25, 0.3) is 11.4 Å². The first-order chi connectivity index (χ1) is 14.3. The second-order valence-electron chi connectivity index (χ2n) is 8.78. The normalized spacial score (nSPS) is 18.7. The number of carbonyl (C=O) groups is 2. The second-order valence-corrected chi connectivity index (χ2v) is 8.78. The molecule has 2 aromatic rings. The van der Waals surface area contributed by atoms with Gasteiger partial charge in [-0.05, 0) is 46.0 Å². The molecule has 1 aliphatic heterocycles. The molecule has 1 aliphatic carbocycles. The molecule has 0 bridgehead atoms. The van der Waals surface area contributed by atoms with Crippen molar-refractivity contribution >= 4 is 17.6 Å². The van der Waals surface area contributed by atoms with E-state index in [-0.39, 0.29) is 11.8 Å². The molecule has 1 atom stereocenters. The maximum atomic E-state index is 12.8. The number of piperidine rings is 1. The van der Waals surface area contributed by atoms with Crippen LogP contribution in [-0.2, 0) is 22.4 Å². The lowest BCUT2D eigenvalue weighted by molar-refractivity contribution is -0.132. The van der Waals surface area contributed by atoms with Crippen LogP contribution >= 0.6 is 0 Å². The molecule has 2 heterocycles. The number of amides is 2. The lowest BCUT2D eigenvalue weighted by Crippen LogP contribution is -2.56. The van der Waals surface area contributed by atoms with Crippen LogP contribution in [0.1, 0.15) is 44.4 Å². The van der Waals surface area contributed by atoms with E-state index >= 15 is 0 Å². The number of primary amides is 1. The topological polar surface area (TPSA) is 101 Å². The summed E-state index contributed by atoms with van der Waals surface area (Å²) >= 11 is 0. The van der Waals surface area contributed by atoms with Crippen LogP contribution in [0.4, 0.5) is 5.82 Å². The Morgan fingerprint density at radius 3 is 2.63 bits per heavy atom. The van der Waals surface area contributed by atoms with E-state index in [2.05, 4.69) is 10.2 Å². The Labute approximate surface area is 177 Å². The van der Waals surface area contributed by atoms with E-state index in [0.29, 0.717) is 6.54 Å². The second kappa shape index (κ2) is 8.05. The fourth-order valence-electron chi connectivity index (χ4n) is 4.25. The van der Waals surface area contributed by atoms with Crippen LogP contribution in [-0.4, -0.2) is 40.4 Å². The largest absolute Gasteiger partial charge is 0.368 e. The van der Waals surface area contributed by atoms with Crippen LogP contribution in [0.2, 0.25) is 0 Å². The first-order valence-electron chi connectivity index (χ1n) is 10.7. The van der Waals surface area contributed by atoms with E-state index in [1.807, 2.05) is 30.3 Å². The van der Waals surface area contributed by atoms with Gasteiger partial charge in [0.25, 0.3) is 0 Å². The average Bonchev–Trinajstić information content (AvgIpc) is 3.22. The van der Waals surface area contributed by atoms with Gasteiger partial charge in [-0.1, -0.05) is 30.3 Å². The molecule has 7 heteroatoms. The minimum absolute atomic E-state index is 0.127. The monoisotopic (exact) mass is 407 g/mol. The van der Waals surface area contributed by atoms with Crippen molar-refractivity contribution in [1.29, 1.82) is 0 Å². The van der Waals surface area contributed by atoms with Gasteiger partial charge in [0.2, 0.25) is 11.8 Å². The molecule has 2 amide bonds. The summed E-state index contributed by atoms with van der Waals surface area (Å²) < 4.78 is 0. The summed E-state index contributed by atoms with van der Waals surface area (Å²) in [4.78, 5) is 36.4. The summed E-state index contributed by atoms with van der Waals surface area (Å²) in [6, 6.07) is 10.0. The number of nitrogens with one attached hydrogen (secondary N) is 1. The smallest absolute Gasteiger partial charge is 0.242 e. The molecular weight excluding hydrogens is 378 g/mol. The van der Waals surface area contributed by atoms with Crippen molar-refractivity contribution in [2.75, 3.05) is 18.0 Å². The van der Waals surface area contributed by atoms with Crippen LogP contribution in [0.3, 0.4) is 0 Å². The highest BCUT2D eigenvalue weighted by atomic mass is 16.2. The molecule has 0 spiro atoms. The van der Waals surface area contributed by atoms with E-state index in [9.17, 15) is 9.59 Å². The van der Waals surface area contributed by atoms with E-state index in [1.165, 1.54) is 5.56 Å². The number of aryl methyl sites for hydroxylation is 1. The van der Waals surface area contributed by atoms with E-state index < -0.39 is 11.4 Å². The zero-order chi connectivity index (χ0) is 21.3. The zero-order valence-electron chi connectivity index (χ0n) is 17.6. The highest BCUT2D eigenvalue weighted by Crippen LogP contribution is 2.33. The lowest BCUT2D eigenvalue weighted by Gasteiger charge is -2.35. The Kier molecular flexibility index (Phi) is 5.45. The van der Waals surface area contributed by atoms with Gasteiger partial charge in [-0.2, -0.15) is 0 Å². The fraction of sp³-hybridized carbons (Fsp3) is 0.478. The molecule has 1 aromatic heterocycles. The van der Waals surface area contributed by atoms with Gasteiger partial charge in [-0.15, -0.1) is 0 Å². The highest BCUT2D eigenvalue weighted by Gasteiger charge is 2.34. The Hall–Kier alpha value is -2.96. The van der Waals surface area contributed by atoms with Crippen molar-refractivity contribution in [3.8, 4) is 11.4 Å². The molecule has 7 nitrogen and oxygen atoms in total. The molecule has 1 fully saturated rings. The van der Waals surface area contributed by atoms with Gasteiger partial charge >= 0.3 is 0 Å². The molecule has 0 radical (unpaired) electrons. The average molecular weight is 408 g/mol. The standard InChI is InChI=1S/C23H29N5O2/c1-23(2,22(24)30)27-21(29)16-10-7-13-28(14-16)20-17-11-6-12-18(17)25-19(26-20)15-8-4-3-5-9-15/h3-5,8-9,16H,6-7,10-14H2,1-2H3,(H2,24,30)(H,27,29)/t16-/m1/s1. The minimum atomic E-state index is -1.06. The van der Waals surface area contributed by atoms with Crippen molar-refractivity contribution in [2.45, 2.75) is 51.5 Å². The summed E-state index contributed by atoms with van der Waals surface area (Å²) in [5, 5.41) is 2.81. The molecule has 2 aliphatic rings. The van der Waals surface area contributed by atoms with Crippen molar-refractivity contribution in [3.63, 3.8) is 0 Å². The van der Waals surface area contributed by atoms with Crippen LogP contribution < -0.4 is 16.0 Å². The summed E-state index contributed by atoms with van der Waals surface area (Å²) in [5.41, 5.74) is 7.70. The number of aromatic nitrogens is 2. The van der Waals surface area contributed by atoms with Crippen molar-refractivity contribution in [1.82, 2.24) is 15.3 Å². The fourth-order valence-corrected chi connectivity index (χ4v) is 4.25. The van der Waals surface area contributed by atoms with E-state index in [4.69, 9.17) is 15.7 Å². The summed E-state index contributed by atoms with van der Waals surface area (Å²) in [7, 11) is 0. The Balaban J connectivity index is 1.60. The number of nitrogens with two attached hydrogens (primary N) is 1. The number of anilines is 1. The first kappa shape index (κ1) is 20.3. The Morgan fingerprint density at radius 1 is 1.13 bits per heavy atom. The van der Waals surface area contributed by atoms with Gasteiger partial charge < -0.3 is 16.0 Å². The van der Waals surface area contributed by atoms with Crippen molar-refractivity contribution in [2.24, 2.45) is 11.7 Å². The third kappa shape index (κ3) is 4.01. The quantitative estimate of drug-likeness (QED) is 0.791. The van der Waals surface area contributed by atoms with Gasteiger partial charge in [0.05, 0.1) is 5.92 Å². The summed E-state index contributed by atoms with van der Waals surface area (Å²) in [5.74, 6) is 0.836. The molecule has 1 aromatic carbocycles. The number of hydrogen-bond acceptors (Lipinski definition) is 5. The molecule has 0 saturated carbocycles. The maximum absolute atomic E-state index is 12.8. The number of hydrogen-bond donors (Lipinski definition) is 2. The number of rotatable bonds is 5. The number of carbonyl (C=O) groups excluding carboxylic acids is 2. The van der Waals surface area contributed by atoms with Gasteiger partial charge in [-0.3, -0.25) is 9.59 Å². The van der Waals surface area contributed by atoms with Gasteiger partial charge in [-0.25, -0.2) is 9.97 Å². The molecular formula is C23H29N5O2. The number of fused-ring (bicyclic) bond motifs is 1. The van der Waals surface area contributed by atoms with Gasteiger partial charge in [0.15, 0.2) is 5.82 Å². The van der Waals surface area contributed by atoms with Crippen molar-refractivity contribution in [3.05, 3.63) is 41.6 Å². The number of nitrogens with zero attached hydrogens (tertiary/aromatic N) is 3. The van der Waals surface area contributed by atoms with Gasteiger partial charge in [0.1, 0.15) is 11.4 Å². The molecule has 0 unspecified atom stereocenters. The van der Waals surface area contributed by atoms with E-state index in [1.54, 1.807) is 13.8 Å². The summed E-state index contributed by atoms with van der Waals surface area (Å²) in [6.45, 7) is 4.72. The summed E-state index contributed by atoms with van der Waals surface area (Å²) in [6.07, 6.45) is 4.71.